The third kappa shape index (κ3) is 3.66. The van der Waals surface area contributed by atoms with Gasteiger partial charge in [-0.05, 0) is 35.8 Å². The summed E-state index contributed by atoms with van der Waals surface area (Å²) in [4.78, 5) is 15.3. The van der Waals surface area contributed by atoms with Gasteiger partial charge in [-0.2, -0.15) is 4.37 Å². The van der Waals surface area contributed by atoms with Gasteiger partial charge < -0.3 is 4.74 Å². The highest BCUT2D eigenvalue weighted by molar-refractivity contribution is 14.1. The van der Waals surface area contributed by atoms with Crippen LogP contribution in [0.5, 0.6) is 5.75 Å². The number of rotatable bonds is 5. The second kappa shape index (κ2) is 6.48. The average molecular weight is 392 g/mol. The van der Waals surface area contributed by atoms with Crippen molar-refractivity contribution in [3.63, 3.8) is 0 Å². The Kier molecular flexibility index (Phi) is 4.95. The highest BCUT2D eigenvalue weighted by Crippen LogP contribution is 2.26. The minimum Gasteiger partial charge on any atom is -0.497 e. The van der Waals surface area contributed by atoms with E-state index >= 15 is 0 Å². The van der Waals surface area contributed by atoms with E-state index in [0.29, 0.717) is 11.6 Å². The van der Waals surface area contributed by atoms with E-state index in [-0.39, 0.29) is 3.79 Å². The van der Waals surface area contributed by atoms with Crippen molar-refractivity contribution in [2.75, 3.05) is 12.9 Å². The van der Waals surface area contributed by atoms with E-state index < -0.39 is 0 Å². The molecule has 0 saturated carbocycles. The lowest BCUT2D eigenvalue weighted by Gasteiger charge is -1.99. The molecule has 2 aromatic rings. The molecular formula is C11H9IN2O2S2. The summed E-state index contributed by atoms with van der Waals surface area (Å²) in [7, 11) is 1.63. The number of methoxy groups -OCH3 is 1. The molecule has 94 valence electrons. The van der Waals surface area contributed by atoms with Gasteiger partial charge in [0, 0.05) is 28.2 Å². The topological polar surface area (TPSA) is 52.1 Å². The number of halogens is 1. The first-order chi connectivity index (χ1) is 8.69. The van der Waals surface area contributed by atoms with Crippen molar-refractivity contribution in [3.8, 4) is 17.1 Å². The smallest absolute Gasteiger partial charge is 0.202 e. The van der Waals surface area contributed by atoms with Gasteiger partial charge >= 0.3 is 0 Å². The second-order valence-corrected chi connectivity index (χ2v) is 6.43. The van der Waals surface area contributed by atoms with Gasteiger partial charge in [0.15, 0.2) is 10.2 Å². The number of carbonyl (C=O) groups excluding carboxylic acids is 1. The number of nitrogens with zero attached hydrogens (tertiary/aromatic N) is 2. The van der Waals surface area contributed by atoms with Crippen LogP contribution < -0.4 is 4.74 Å². The Morgan fingerprint density at radius 2 is 2.17 bits per heavy atom. The van der Waals surface area contributed by atoms with E-state index in [1.807, 2.05) is 24.3 Å². The summed E-state index contributed by atoms with van der Waals surface area (Å²) in [6, 6.07) is 7.58. The largest absolute Gasteiger partial charge is 0.497 e. The molecule has 0 N–H and O–H groups in total. The molecule has 7 heteroatoms. The van der Waals surface area contributed by atoms with Gasteiger partial charge in [0.05, 0.1) is 12.9 Å². The fourth-order valence-corrected chi connectivity index (χ4v) is 3.04. The molecule has 1 heterocycles. The van der Waals surface area contributed by atoms with E-state index in [2.05, 4.69) is 9.36 Å². The van der Waals surface area contributed by atoms with Crippen molar-refractivity contribution < 1.29 is 9.53 Å². The maximum atomic E-state index is 10.9. The molecule has 0 atom stereocenters. The number of benzene rings is 1. The third-order valence-electron chi connectivity index (χ3n) is 2.06. The Labute approximate surface area is 126 Å². The van der Waals surface area contributed by atoms with Crippen molar-refractivity contribution in [1.29, 1.82) is 0 Å². The molecule has 0 amide bonds. The summed E-state index contributed by atoms with van der Waals surface area (Å²) in [6.45, 7) is 0. The molecule has 0 radical (unpaired) electrons. The summed E-state index contributed by atoms with van der Waals surface area (Å²) in [6.07, 6.45) is 0. The van der Waals surface area contributed by atoms with Crippen molar-refractivity contribution >= 4 is 49.7 Å². The van der Waals surface area contributed by atoms with E-state index in [1.165, 1.54) is 23.3 Å². The Morgan fingerprint density at radius 1 is 1.44 bits per heavy atom. The minimum atomic E-state index is 0.110. The Hall–Kier alpha value is -0.670. The van der Waals surface area contributed by atoms with Crippen LogP contribution in [0.1, 0.15) is 0 Å². The van der Waals surface area contributed by atoms with Crippen molar-refractivity contribution in [3.05, 3.63) is 24.3 Å². The lowest BCUT2D eigenvalue weighted by atomic mass is 10.2. The molecular weight excluding hydrogens is 383 g/mol. The van der Waals surface area contributed by atoms with Gasteiger partial charge in [-0.25, -0.2) is 4.98 Å². The van der Waals surface area contributed by atoms with Gasteiger partial charge in [0.1, 0.15) is 5.75 Å². The number of thioether (sulfide) groups is 1. The van der Waals surface area contributed by atoms with Gasteiger partial charge in [-0.1, -0.05) is 11.8 Å². The molecule has 0 unspecified atom stereocenters. The molecule has 1 aromatic carbocycles. The Balaban J connectivity index is 2.10. The van der Waals surface area contributed by atoms with Crippen LogP contribution in [0.3, 0.4) is 0 Å². The summed E-state index contributed by atoms with van der Waals surface area (Å²) in [5.41, 5.74) is 0.944. The Bertz CT molecular complexity index is 542. The quantitative estimate of drug-likeness (QED) is 0.444. The summed E-state index contributed by atoms with van der Waals surface area (Å²) >= 11 is 4.50. The SMILES string of the molecule is COc1ccc(-c2nsc(SCC(=O)I)n2)cc1. The molecule has 0 fully saturated rings. The van der Waals surface area contributed by atoms with Gasteiger partial charge in [0.2, 0.25) is 3.79 Å². The monoisotopic (exact) mass is 392 g/mol. The number of hydrogen-bond donors (Lipinski definition) is 0. The van der Waals surface area contributed by atoms with E-state index in [0.717, 1.165) is 15.7 Å². The molecule has 0 aliphatic carbocycles. The van der Waals surface area contributed by atoms with Crippen LogP contribution in [0.15, 0.2) is 28.6 Å². The van der Waals surface area contributed by atoms with Crippen LogP contribution in [-0.4, -0.2) is 26.0 Å². The average Bonchev–Trinajstić information content (AvgIpc) is 2.85. The first kappa shape index (κ1) is 13.8. The number of ether oxygens (including phenoxy) is 1. The highest BCUT2D eigenvalue weighted by atomic mass is 127. The zero-order valence-corrected chi connectivity index (χ0v) is 13.2. The molecule has 0 saturated heterocycles. The first-order valence-electron chi connectivity index (χ1n) is 4.98. The van der Waals surface area contributed by atoms with Gasteiger partial charge in [-0.15, -0.1) is 0 Å². The Morgan fingerprint density at radius 3 is 2.78 bits per heavy atom. The van der Waals surface area contributed by atoms with Crippen LogP contribution in [0.25, 0.3) is 11.4 Å². The molecule has 0 aliphatic heterocycles. The lowest BCUT2D eigenvalue weighted by molar-refractivity contribution is -0.107. The molecule has 0 bridgehead atoms. The molecule has 18 heavy (non-hydrogen) atoms. The normalized spacial score (nSPS) is 10.3. The standard InChI is InChI=1S/C11H9IN2O2S2/c1-16-8-4-2-7(3-5-8)10-13-11(18-14-10)17-6-9(12)15/h2-5H,6H2,1H3. The van der Waals surface area contributed by atoms with Crippen molar-refractivity contribution in [2.45, 2.75) is 4.34 Å². The fraction of sp³-hybridized carbons (Fsp3) is 0.182. The predicted octanol–water partition coefficient (Wildman–Crippen LogP) is 3.27. The molecule has 4 nitrogen and oxygen atoms in total. The van der Waals surface area contributed by atoms with Crippen LogP contribution >= 0.6 is 45.9 Å². The van der Waals surface area contributed by atoms with Crippen molar-refractivity contribution in [2.24, 2.45) is 0 Å². The fourth-order valence-electron chi connectivity index (χ4n) is 1.24. The maximum absolute atomic E-state index is 10.9. The predicted molar refractivity (Wildman–Crippen MR) is 81.6 cm³/mol. The molecule has 0 spiro atoms. The lowest BCUT2D eigenvalue weighted by Crippen LogP contribution is -1.88. The molecule has 0 aliphatic rings. The minimum absolute atomic E-state index is 0.110. The number of carbonyl (C=O) groups is 1. The van der Waals surface area contributed by atoms with Crippen LogP contribution in [0, 0.1) is 0 Å². The van der Waals surface area contributed by atoms with Crippen LogP contribution in [-0.2, 0) is 4.79 Å². The first-order valence-corrected chi connectivity index (χ1v) is 7.82. The maximum Gasteiger partial charge on any atom is 0.202 e. The van der Waals surface area contributed by atoms with E-state index in [1.54, 1.807) is 29.7 Å². The zero-order chi connectivity index (χ0) is 13.0. The molecule has 2 rings (SSSR count). The highest BCUT2D eigenvalue weighted by Gasteiger charge is 2.08. The summed E-state index contributed by atoms with van der Waals surface area (Å²) in [5, 5.41) is 0. The molecule has 1 aromatic heterocycles. The second-order valence-electron chi connectivity index (χ2n) is 3.26. The zero-order valence-electron chi connectivity index (χ0n) is 9.42. The third-order valence-corrected chi connectivity index (χ3v) is 4.80. The number of hydrogen-bond acceptors (Lipinski definition) is 6. The summed E-state index contributed by atoms with van der Waals surface area (Å²) in [5.74, 6) is 1.92. The van der Waals surface area contributed by atoms with E-state index in [9.17, 15) is 4.79 Å². The summed E-state index contributed by atoms with van der Waals surface area (Å²) < 4.78 is 10.3. The van der Waals surface area contributed by atoms with E-state index in [4.69, 9.17) is 4.74 Å². The number of aromatic nitrogens is 2. The van der Waals surface area contributed by atoms with Crippen LogP contribution in [0.4, 0.5) is 0 Å². The van der Waals surface area contributed by atoms with Crippen LogP contribution in [0.2, 0.25) is 0 Å². The van der Waals surface area contributed by atoms with Gasteiger partial charge in [0.25, 0.3) is 0 Å². The van der Waals surface area contributed by atoms with Crippen molar-refractivity contribution in [1.82, 2.24) is 9.36 Å². The van der Waals surface area contributed by atoms with Gasteiger partial charge in [-0.3, -0.25) is 4.79 Å².